The fraction of sp³-hybridized carbons (Fsp3) is 0.667. The van der Waals surface area contributed by atoms with Gasteiger partial charge in [0.25, 0.3) is 0 Å². The summed E-state index contributed by atoms with van der Waals surface area (Å²) >= 11 is 0. The van der Waals surface area contributed by atoms with Gasteiger partial charge in [0.2, 0.25) is 0 Å². The molecule has 18 heavy (non-hydrogen) atoms. The average Bonchev–Trinajstić information content (AvgIpc) is 2.57. The van der Waals surface area contributed by atoms with E-state index in [0.717, 1.165) is 31.7 Å². The van der Waals surface area contributed by atoms with Gasteiger partial charge in [-0.1, -0.05) is 25.7 Å². The van der Waals surface area contributed by atoms with Crippen LogP contribution in [0.1, 0.15) is 44.2 Å². The Balaban J connectivity index is 1.97. The highest BCUT2D eigenvalue weighted by atomic mass is 19.4. The Hall–Kier alpha value is -1.33. The quantitative estimate of drug-likeness (QED) is 0.824. The highest BCUT2D eigenvalue weighted by Crippen LogP contribution is 2.27. The summed E-state index contributed by atoms with van der Waals surface area (Å²) in [4.78, 5) is 0. The van der Waals surface area contributed by atoms with Crippen molar-refractivity contribution >= 4 is 5.82 Å². The van der Waals surface area contributed by atoms with Crippen molar-refractivity contribution in [1.82, 2.24) is 10.2 Å². The Morgan fingerprint density at radius 2 is 1.67 bits per heavy atom. The molecule has 1 aromatic heterocycles. The molecule has 3 nitrogen and oxygen atoms in total. The lowest BCUT2D eigenvalue weighted by Crippen LogP contribution is -2.20. The second kappa shape index (κ2) is 5.54. The molecule has 2 rings (SSSR count). The maximum atomic E-state index is 12.3. The topological polar surface area (TPSA) is 37.8 Å². The zero-order valence-electron chi connectivity index (χ0n) is 10.0. The summed E-state index contributed by atoms with van der Waals surface area (Å²) < 4.78 is 36.9. The van der Waals surface area contributed by atoms with Crippen LogP contribution in [-0.2, 0) is 6.18 Å². The maximum Gasteiger partial charge on any atom is 0.435 e. The SMILES string of the molecule is FC(F)(F)c1ccc(NC2CCCCCC2)nn1. The van der Waals surface area contributed by atoms with Gasteiger partial charge in [-0.05, 0) is 25.0 Å². The zero-order valence-corrected chi connectivity index (χ0v) is 10.0. The molecule has 0 aromatic carbocycles. The fourth-order valence-corrected chi connectivity index (χ4v) is 2.19. The molecule has 0 spiro atoms. The van der Waals surface area contributed by atoms with Gasteiger partial charge in [0, 0.05) is 6.04 Å². The van der Waals surface area contributed by atoms with Gasteiger partial charge in [0.05, 0.1) is 0 Å². The van der Waals surface area contributed by atoms with Crippen LogP contribution in [0.3, 0.4) is 0 Å². The van der Waals surface area contributed by atoms with Gasteiger partial charge in [-0.15, -0.1) is 10.2 Å². The van der Waals surface area contributed by atoms with Crippen molar-refractivity contribution in [2.75, 3.05) is 5.32 Å². The van der Waals surface area contributed by atoms with E-state index in [0.29, 0.717) is 11.9 Å². The van der Waals surface area contributed by atoms with E-state index in [1.54, 1.807) is 0 Å². The molecule has 0 saturated heterocycles. The molecule has 1 fully saturated rings. The van der Waals surface area contributed by atoms with Gasteiger partial charge in [-0.3, -0.25) is 0 Å². The van der Waals surface area contributed by atoms with Crippen LogP contribution in [0.5, 0.6) is 0 Å². The van der Waals surface area contributed by atoms with Crippen molar-refractivity contribution in [3.05, 3.63) is 17.8 Å². The van der Waals surface area contributed by atoms with Gasteiger partial charge in [0.15, 0.2) is 5.69 Å². The Morgan fingerprint density at radius 3 is 2.17 bits per heavy atom. The van der Waals surface area contributed by atoms with E-state index in [9.17, 15) is 13.2 Å². The predicted molar refractivity (Wildman–Crippen MR) is 62.1 cm³/mol. The molecule has 0 atom stereocenters. The molecule has 0 bridgehead atoms. The standard InChI is InChI=1S/C12H16F3N3/c13-12(14,15)10-7-8-11(18-17-10)16-9-5-3-1-2-4-6-9/h7-9H,1-6H2,(H,16,18). The minimum absolute atomic E-state index is 0.304. The Kier molecular flexibility index (Phi) is 4.04. The van der Waals surface area contributed by atoms with Crippen LogP contribution in [0, 0.1) is 0 Å². The van der Waals surface area contributed by atoms with E-state index in [1.807, 2.05) is 0 Å². The third kappa shape index (κ3) is 3.58. The minimum Gasteiger partial charge on any atom is -0.366 e. The summed E-state index contributed by atoms with van der Waals surface area (Å²) in [7, 11) is 0. The second-order valence-electron chi connectivity index (χ2n) is 4.63. The number of alkyl halides is 3. The number of nitrogens with one attached hydrogen (secondary N) is 1. The normalized spacial score (nSPS) is 18.4. The van der Waals surface area contributed by atoms with E-state index in [4.69, 9.17) is 0 Å². The molecular weight excluding hydrogens is 243 g/mol. The van der Waals surface area contributed by atoms with Crippen LogP contribution in [0.15, 0.2) is 12.1 Å². The molecule has 0 amide bonds. The lowest BCUT2D eigenvalue weighted by atomic mass is 10.1. The Labute approximate surface area is 104 Å². The average molecular weight is 259 g/mol. The first-order chi connectivity index (χ1) is 8.55. The van der Waals surface area contributed by atoms with Crippen LogP contribution in [0.25, 0.3) is 0 Å². The second-order valence-corrected chi connectivity index (χ2v) is 4.63. The molecule has 100 valence electrons. The smallest absolute Gasteiger partial charge is 0.366 e. The predicted octanol–water partition coefficient (Wildman–Crippen LogP) is 3.63. The number of hydrogen-bond donors (Lipinski definition) is 1. The van der Waals surface area contributed by atoms with Crippen molar-refractivity contribution in [3.63, 3.8) is 0 Å². The number of hydrogen-bond acceptors (Lipinski definition) is 3. The Morgan fingerprint density at radius 1 is 1.00 bits per heavy atom. The minimum atomic E-state index is -4.42. The van der Waals surface area contributed by atoms with Gasteiger partial charge >= 0.3 is 6.18 Å². The van der Waals surface area contributed by atoms with Crippen LogP contribution >= 0.6 is 0 Å². The van der Waals surface area contributed by atoms with Crippen LogP contribution in [0.2, 0.25) is 0 Å². The van der Waals surface area contributed by atoms with Crippen molar-refractivity contribution in [1.29, 1.82) is 0 Å². The first-order valence-electron chi connectivity index (χ1n) is 6.23. The number of anilines is 1. The van der Waals surface area contributed by atoms with Crippen LogP contribution in [-0.4, -0.2) is 16.2 Å². The molecule has 1 N–H and O–H groups in total. The molecule has 1 aliphatic carbocycles. The lowest BCUT2D eigenvalue weighted by Gasteiger charge is -2.16. The molecule has 0 radical (unpaired) electrons. The van der Waals surface area contributed by atoms with Crippen LogP contribution < -0.4 is 5.32 Å². The fourth-order valence-electron chi connectivity index (χ4n) is 2.19. The molecule has 1 aromatic rings. The molecule has 0 aliphatic heterocycles. The van der Waals surface area contributed by atoms with Gasteiger partial charge in [-0.25, -0.2) is 0 Å². The number of halogens is 3. The monoisotopic (exact) mass is 259 g/mol. The van der Waals surface area contributed by atoms with E-state index in [2.05, 4.69) is 15.5 Å². The van der Waals surface area contributed by atoms with Crippen molar-refractivity contribution in [2.45, 2.75) is 50.7 Å². The van der Waals surface area contributed by atoms with Gasteiger partial charge < -0.3 is 5.32 Å². The summed E-state index contributed by atoms with van der Waals surface area (Å²) in [6.07, 6.45) is 2.45. The Bertz CT molecular complexity index is 367. The van der Waals surface area contributed by atoms with Crippen LogP contribution in [0.4, 0.5) is 19.0 Å². The van der Waals surface area contributed by atoms with E-state index in [-0.39, 0.29) is 0 Å². The zero-order chi connectivity index (χ0) is 13.0. The molecule has 6 heteroatoms. The van der Waals surface area contributed by atoms with Crippen molar-refractivity contribution < 1.29 is 13.2 Å². The molecule has 1 aliphatic rings. The summed E-state index contributed by atoms with van der Waals surface area (Å²) in [6, 6.07) is 2.62. The summed E-state index contributed by atoms with van der Waals surface area (Å²) in [6.45, 7) is 0. The van der Waals surface area contributed by atoms with E-state index >= 15 is 0 Å². The first kappa shape index (κ1) is 13.1. The van der Waals surface area contributed by atoms with E-state index < -0.39 is 11.9 Å². The van der Waals surface area contributed by atoms with Crippen molar-refractivity contribution in [3.8, 4) is 0 Å². The molecular formula is C12H16F3N3. The maximum absolute atomic E-state index is 12.3. The third-order valence-corrected chi connectivity index (χ3v) is 3.16. The summed E-state index contributed by atoms with van der Waals surface area (Å²) in [5.41, 5.74) is -0.950. The summed E-state index contributed by atoms with van der Waals surface area (Å²) in [5.74, 6) is 0.426. The number of nitrogens with zero attached hydrogens (tertiary/aromatic N) is 2. The highest BCUT2D eigenvalue weighted by Gasteiger charge is 2.32. The number of rotatable bonds is 2. The molecule has 0 unspecified atom stereocenters. The third-order valence-electron chi connectivity index (χ3n) is 3.16. The molecule has 1 saturated carbocycles. The van der Waals surface area contributed by atoms with E-state index in [1.165, 1.54) is 18.9 Å². The highest BCUT2D eigenvalue weighted by molar-refractivity contribution is 5.34. The first-order valence-corrected chi connectivity index (χ1v) is 6.23. The molecule has 1 heterocycles. The van der Waals surface area contributed by atoms with Crippen molar-refractivity contribution in [2.24, 2.45) is 0 Å². The lowest BCUT2D eigenvalue weighted by molar-refractivity contribution is -0.141. The van der Waals surface area contributed by atoms with Gasteiger partial charge in [0.1, 0.15) is 5.82 Å². The number of aromatic nitrogens is 2. The van der Waals surface area contributed by atoms with Gasteiger partial charge in [-0.2, -0.15) is 13.2 Å². The largest absolute Gasteiger partial charge is 0.435 e. The summed E-state index contributed by atoms with van der Waals surface area (Å²) in [5, 5.41) is 9.95.